The molecule has 7 rings (SSSR count). The van der Waals surface area contributed by atoms with Gasteiger partial charge in [0, 0.05) is 59.7 Å². The quantitative estimate of drug-likeness (QED) is 0.115. The number of carbonyl (C=O) groups excluding carboxylic acids is 2. The highest BCUT2D eigenvalue weighted by Gasteiger charge is 2.32. The minimum absolute atomic E-state index is 0. The molecule has 0 fully saturated rings. The molecule has 0 saturated heterocycles. The predicted molar refractivity (Wildman–Crippen MR) is 205 cm³/mol. The van der Waals surface area contributed by atoms with Crippen LogP contribution < -0.4 is 16.0 Å². The number of thiazole rings is 1. The zero-order chi connectivity index (χ0) is 35.3. The molecule has 0 unspecified atom stereocenters. The minimum atomic E-state index is -1.52. The van der Waals surface area contributed by atoms with Crippen molar-refractivity contribution in [2.45, 2.75) is 25.5 Å². The van der Waals surface area contributed by atoms with Gasteiger partial charge in [-0.2, -0.15) is 0 Å². The number of rotatable bonds is 11. The highest BCUT2D eigenvalue weighted by molar-refractivity contribution is 7.13. The van der Waals surface area contributed by atoms with Gasteiger partial charge in [0.2, 0.25) is 5.95 Å². The molecule has 2 atom stereocenters. The molecular formula is C38H34ClN9O3S. The lowest BCUT2D eigenvalue weighted by Crippen LogP contribution is -2.37. The fourth-order valence-electron chi connectivity index (χ4n) is 5.84. The highest BCUT2D eigenvalue weighted by atomic mass is 35.5. The minimum Gasteiger partial charge on any atom is -0.381 e. The van der Waals surface area contributed by atoms with Crippen LogP contribution in [-0.2, 0) is 11.2 Å². The Hall–Kier alpha value is -6.02. The van der Waals surface area contributed by atoms with Crippen LogP contribution in [0.1, 0.15) is 27.5 Å². The van der Waals surface area contributed by atoms with Gasteiger partial charge in [-0.05, 0) is 73.0 Å². The molecule has 3 aromatic carbocycles. The Balaban J connectivity index is 0.00000464. The molecule has 262 valence electrons. The molecule has 0 radical (unpaired) electrons. The number of fused-ring (bicyclic) bond motifs is 1. The number of aryl methyl sites for hydroxylation is 1. The summed E-state index contributed by atoms with van der Waals surface area (Å²) >= 11 is 1.39. The summed E-state index contributed by atoms with van der Waals surface area (Å²) in [6.45, 7) is 1.93. The monoisotopic (exact) mass is 731 g/mol. The summed E-state index contributed by atoms with van der Waals surface area (Å²) in [5.74, 6) is 0.0148. The number of aliphatic hydroxyl groups excluding tert-OH is 1. The fourth-order valence-corrected chi connectivity index (χ4v) is 6.47. The van der Waals surface area contributed by atoms with Crippen molar-refractivity contribution in [2.24, 2.45) is 0 Å². The number of aliphatic hydroxyl groups is 1. The first-order valence-electron chi connectivity index (χ1n) is 16.2. The Morgan fingerprint density at radius 2 is 1.77 bits per heavy atom. The summed E-state index contributed by atoms with van der Waals surface area (Å²) in [6, 6.07) is 25.0. The SMILES string of the molecule is CNC(=O)c1ccc2c(c1)nc(-c1nccs1)n2[C@H](Cc1ccccc1)[C@H](O)C(=O)Nc1ccc(C)c(Nc2nccc(-c3cccnc3)n2)c1.Cl. The van der Waals surface area contributed by atoms with E-state index >= 15 is 0 Å². The number of hydrogen-bond acceptors (Lipinski definition) is 10. The number of nitrogens with zero attached hydrogens (tertiary/aromatic N) is 6. The molecule has 0 spiro atoms. The molecule has 0 aliphatic heterocycles. The van der Waals surface area contributed by atoms with E-state index < -0.39 is 18.1 Å². The van der Waals surface area contributed by atoms with Gasteiger partial charge in [0.15, 0.2) is 16.9 Å². The van der Waals surface area contributed by atoms with Gasteiger partial charge in [-0.1, -0.05) is 36.4 Å². The van der Waals surface area contributed by atoms with Crippen molar-refractivity contribution in [2.75, 3.05) is 17.7 Å². The second kappa shape index (κ2) is 15.9. The van der Waals surface area contributed by atoms with Gasteiger partial charge in [-0.25, -0.2) is 19.9 Å². The van der Waals surface area contributed by atoms with E-state index in [0.29, 0.717) is 56.9 Å². The number of amides is 2. The van der Waals surface area contributed by atoms with Gasteiger partial charge in [-0.15, -0.1) is 23.7 Å². The van der Waals surface area contributed by atoms with Crippen molar-refractivity contribution in [1.82, 2.24) is 34.8 Å². The zero-order valence-corrected chi connectivity index (χ0v) is 29.7. The normalized spacial score (nSPS) is 12.1. The van der Waals surface area contributed by atoms with Crippen molar-refractivity contribution in [3.8, 4) is 22.1 Å². The van der Waals surface area contributed by atoms with Gasteiger partial charge in [0.05, 0.1) is 22.8 Å². The predicted octanol–water partition coefficient (Wildman–Crippen LogP) is 6.63. The van der Waals surface area contributed by atoms with Crippen LogP contribution in [0.3, 0.4) is 0 Å². The van der Waals surface area contributed by atoms with Crippen molar-refractivity contribution in [3.05, 3.63) is 132 Å². The molecular weight excluding hydrogens is 698 g/mol. The molecule has 4 heterocycles. The number of halogens is 1. The molecule has 0 aliphatic carbocycles. The summed E-state index contributed by atoms with van der Waals surface area (Å²) in [6.07, 6.45) is 5.58. The summed E-state index contributed by atoms with van der Waals surface area (Å²) in [7, 11) is 1.57. The van der Waals surface area contributed by atoms with Crippen LogP contribution in [0.25, 0.3) is 33.1 Å². The third-order valence-electron chi connectivity index (χ3n) is 8.42. The number of nitrogens with one attached hydrogen (secondary N) is 3. The van der Waals surface area contributed by atoms with E-state index in [0.717, 1.165) is 16.7 Å². The number of aromatic nitrogens is 6. The van der Waals surface area contributed by atoms with E-state index in [4.69, 9.17) is 4.98 Å². The lowest BCUT2D eigenvalue weighted by Gasteiger charge is -2.26. The van der Waals surface area contributed by atoms with Gasteiger partial charge >= 0.3 is 0 Å². The van der Waals surface area contributed by atoms with Crippen LogP contribution >= 0.6 is 23.7 Å². The number of pyridine rings is 1. The number of hydrogen-bond donors (Lipinski definition) is 4. The van der Waals surface area contributed by atoms with Gasteiger partial charge in [0.25, 0.3) is 11.8 Å². The Bertz CT molecular complexity index is 2320. The van der Waals surface area contributed by atoms with Crippen molar-refractivity contribution < 1.29 is 14.7 Å². The molecule has 52 heavy (non-hydrogen) atoms. The molecule has 12 nitrogen and oxygen atoms in total. The lowest BCUT2D eigenvalue weighted by atomic mass is 9.99. The summed E-state index contributed by atoms with van der Waals surface area (Å²) in [4.78, 5) is 49.1. The van der Waals surface area contributed by atoms with E-state index in [1.54, 1.807) is 62.2 Å². The highest BCUT2D eigenvalue weighted by Crippen LogP contribution is 2.34. The maximum absolute atomic E-state index is 14.0. The van der Waals surface area contributed by atoms with E-state index in [1.165, 1.54) is 11.3 Å². The van der Waals surface area contributed by atoms with Gasteiger partial charge < -0.3 is 25.6 Å². The van der Waals surface area contributed by atoms with E-state index in [9.17, 15) is 14.7 Å². The summed E-state index contributed by atoms with van der Waals surface area (Å²) in [5, 5.41) is 23.2. The number of benzene rings is 3. The molecule has 14 heteroatoms. The average molecular weight is 732 g/mol. The third kappa shape index (κ3) is 7.66. The van der Waals surface area contributed by atoms with Gasteiger partial charge in [0.1, 0.15) is 0 Å². The van der Waals surface area contributed by atoms with E-state index in [-0.39, 0.29) is 18.3 Å². The standard InChI is InChI=1S/C38H33N9O3S.ClH/c1-23-10-12-27(21-29(23)46-38-42-16-14-28(45-38)26-9-6-15-40-22-26)43-36(50)33(48)32(19-24-7-4-3-5-8-24)47-31-13-11-25(35(49)39-2)20-30(31)44-34(47)37-41-17-18-51-37;/h3-18,20-22,32-33,48H,19H2,1-2H3,(H,39,49)(H,43,50)(H,42,45,46);1H/t32-,33+;/m1./s1. The number of imidazole rings is 1. The summed E-state index contributed by atoms with van der Waals surface area (Å²) in [5.41, 5.74) is 6.17. The molecule has 0 aliphatic rings. The van der Waals surface area contributed by atoms with E-state index in [2.05, 4.69) is 35.9 Å². The number of anilines is 3. The van der Waals surface area contributed by atoms with Crippen LogP contribution in [-0.4, -0.2) is 59.6 Å². The Labute approximate surface area is 309 Å². The van der Waals surface area contributed by atoms with Gasteiger partial charge in [-0.3, -0.25) is 14.6 Å². The van der Waals surface area contributed by atoms with Crippen LogP contribution in [0, 0.1) is 6.92 Å². The van der Waals surface area contributed by atoms with Crippen molar-refractivity contribution in [3.63, 3.8) is 0 Å². The summed E-state index contributed by atoms with van der Waals surface area (Å²) < 4.78 is 1.85. The lowest BCUT2D eigenvalue weighted by molar-refractivity contribution is -0.126. The average Bonchev–Trinajstić information content (AvgIpc) is 3.84. The largest absolute Gasteiger partial charge is 0.381 e. The van der Waals surface area contributed by atoms with Crippen LogP contribution in [0.15, 0.2) is 115 Å². The molecule has 0 saturated carbocycles. The third-order valence-corrected chi connectivity index (χ3v) is 9.19. The van der Waals surface area contributed by atoms with Crippen LogP contribution in [0.5, 0.6) is 0 Å². The first-order valence-corrected chi connectivity index (χ1v) is 17.0. The van der Waals surface area contributed by atoms with Crippen molar-refractivity contribution in [1.29, 1.82) is 0 Å². The van der Waals surface area contributed by atoms with E-state index in [1.807, 2.05) is 71.5 Å². The molecule has 7 aromatic rings. The van der Waals surface area contributed by atoms with Crippen LogP contribution in [0.4, 0.5) is 17.3 Å². The Kier molecular flexibility index (Phi) is 10.9. The maximum Gasteiger partial charge on any atom is 0.255 e. The molecule has 0 bridgehead atoms. The molecule has 2 amide bonds. The van der Waals surface area contributed by atoms with Crippen LogP contribution in [0.2, 0.25) is 0 Å². The fraction of sp³-hybridized carbons (Fsp3) is 0.132. The zero-order valence-electron chi connectivity index (χ0n) is 28.1. The Morgan fingerprint density at radius 3 is 2.52 bits per heavy atom. The second-order valence-electron chi connectivity index (χ2n) is 11.8. The topological polar surface area (TPSA) is 160 Å². The molecule has 4 aromatic heterocycles. The second-order valence-corrected chi connectivity index (χ2v) is 12.7. The first kappa shape index (κ1) is 35.8. The first-order chi connectivity index (χ1) is 24.9. The Morgan fingerprint density at radius 1 is 0.923 bits per heavy atom. The van der Waals surface area contributed by atoms with Crippen molar-refractivity contribution >= 4 is 63.9 Å². The smallest absolute Gasteiger partial charge is 0.255 e. The number of carbonyl (C=O) groups is 2. The molecule has 4 N–H and O–H groups in total. The maximum atomic E-state index is 14.0.